The quantitative estimate of drug-likeness (QED) is 0.242. The molecule has 0 bridgehead atoms. The lowest BCUT2D eigenvalue weighted by Crippen LogP contribution is -2.53. The SMILES string of the molecule is C=C(CN(CC)CC)C(=O)NC[C@H](Cc1ccccc1)NC(=O)[C@H](Cc1cc2ccc(CC)cc2s1)NC(C)=O. The van der Waals surface area contributed by atoms with Gasteiger partial charge in [0.05, 0.1) is 6.04 Å². The lowest BCUT2D eigenvalue weighted by molar-refractivity contribution is -0.128. The number of hydrogen-bond acceptors (Lipinski definition) is 5. The highest BCUT2D eigenvalue weighted by molar-refractivity contribution is 7.19. The number of nitrogens with zero attached hydrogens (tertiary/aromatic N) is 1. The highest BCUT2D eigenvalue weighted by Gasteiger charge is 2.24. The lowest BCUT2D eigenvalue weighted by atomic mass is 10.0. The molecular formula is C32H42N4O3S. The first-order valence-corrected chi connectivity index (χ1v) is 14.8. The largest absolute Gasteiger partial charge is 0.350 e. The third-order valence-electron chi connectivity index (χ3n) is 6.95. The zero-order chi connectivity index (χ0) is 29.1. The van der Waals surface area contributed by atoms with Crippen LogP contribution in [0.1, 0.15) is 43.7 Å². The standard InChI is InChI=1S/C32H42N4O3S/c1-6-24-14-15-26-18-28(40-30(26)17-24)19-29(34-23(5)37)32(39)35-27(16-25-12-10-9-11-13-25)20-33-31(38)22(4)21-36(7-2)8-3/h9-15,17-18,27,29H,4,6-8,16,19-21H2,1-3,5H3,(H,33,38)(H,34,37)(H,35,39)/t27-,29-/m0/s1. The molecule has 3 rings (SSSR count). The van der Waals surface area contributed by atoms with Crippen molar-refractivity contribution >= 4 is 39.1 Å². The fraction of sp³-hybridized carbons (Fsp3) is 0.406. The number of amides is 3. The number of carbonyl (C=O) groups is 3. The van der Waals surface area contributed by atoms with Crippen molar-refractivity contribution in [3.05, 3.63) is 82.8 Å². The molecule has 40 heavy (non-hydrogen) atoms. The van der Waals surface area contributed by atoms with Crippen LogP contribution in [0.2, 0.25) is 0 Å². The minimum atomic E-state index is -0.734. The van der Waals surface area contributed by atoms with Crippen LogP contribution in [0.4, 0.5) is 0 Å². The molecular weight excluding hydrogens is 520 g/mol. The summed E-state index contributed by atoms with van der Waals surface area (Å²) in [5.74, 6) is -0.774. The van der Waals surface area contributed by atoms with E-state index in [2.05, 4.69) is 58.6 Å². The number of thiophene rings is 1. The van der Waals surface area contributed by atoms with Gasteiger partial charge in [-0.25, -0.2) is 0 Å². The van der Waals surface area contributed by atoms with Crippen LogP contribution in [0, 0.1) is 0 Å². The van der Waals surface area contributed by atoms with Crippen molar-refractivity contribution in [3.63, 3.8) is 0 Å². The third kappa shape index (κ3) is 9.31. The average Bonchev–Trinajstić information content (AvgIpc) is 3.35. The summed E-state index contributed by atoms with van der Waals surface area (Å²) < 4.78 is 1.17. The van der Waals surface area contributed by atoms with Crippen molar-refractivity contribution in [1.29, 1.82) is 0 Å². The Kier molecular flexibility index (Phi) is 11.9. The van der Waals surface area contributed by atoms with Gasteiger partial charge in [-0.3, -0.25) is 19.3 Å². The van der Waals surface area contributed by atoms with Gasteiger partial charge in [-0.1, -0.05) is 69.8 Å². The topological polar surface area (TPSA) is 90.5 Å². The summed E-state index contributed by atoms with van der Waals surface area (Å²) in [5.41, 5.74) is 2.79. The van der Waals surface area contributed by atoms with Crippen LogP contribution in [0.15, 0.2) is 66.7 Å². The summed E-state index contributed by atoms with van der Waals surface area (Å²) in [6, 6.07) is 17.2. The first-order chi connectivity index (χ1) is 19.2. The summed E-state index contributed by atoms with van der Waals surface area (Å²) in [7, 11) is 0. The molecule has 7 nitrogen and oxygen atoms in total. The summed E-state index contributed by atoms with van der Waals surface area (Å²) in [6.07, 6.45) is 1.88. The van der Waals surface area contributed by atoms with Gasteiger partial charge in [-0.2, -0.15) is 0 Å². The minimum Gasteiger partial charge on any atom is -0.350 e. The molecule has 2 atom stereocenters. The van der Waals surface area contributed by atoms with E-state index in [4.69, 9.17) is 0 Å². The number of hydrogen-bond donors (Lipinski definition) is 3. The Labute approximate surface area is 242 Å². The zero-order valence-corrected chi connectivity index (χ0v) is 24.9. The molecule has 0 radical (unpaired) electrons. The lowest BCUT2D eigenvalue weighted by Gasteiger charge is -2.24. The fourth-order valence-electron chi connectivity index (χ4n) is 4.61. The van der Waals surface area contributed by atoms with Gasteiger partial charge in [0.1, 0.15) is 6.04 Å². The Morgan fingerprint density at radius 3 is 2.30 bits per heavy atom. The van der Waals surface area contributed by atoms with E-state index in [-0.39, 0.29) is 30.3 Å². The second kappa shape index (κ2) is 15.3. The van der Waals surface area contributed by atoms with Gasteiger partial charge in [0.25, 0.3) is 0 Å². The van der Waals surface area contributed by atoms with Gasteiger partial charge in [0.2, 0.25) is 17.7 Å². The Morgan fingerprint density at radius 1 is 0.925 bits per heavy atom. The van der Waals surface area contributed by atoms with Gasteiger partial charge < -0.3 is 16.0 Å². The highest BCUT2D eigenvalue weighted by atomic mass is 32.1. The third-order valence-corrected chi connectivity index (χ3v) is 8.07. The van der Waals surface area contributed by atoms with Crippen molar-refractivity contribution in [2.75, 3.05) is 26.2 Å². The number of fused-ring (bicyclic) bond motifs is 1. The predicted molar refractivity (Wildman–Crippen MR) is 165 cm³/mol. The summed E-state index contributed by atoms with van der Waals surface area (Å²) >= 11 is 1.64. The number of carbonyl (C=O) groups excluding carboxylic acids is 3. The number of rotatable bonds is 15. The number of nitrogens with one attached hydrogen (secondary N) is 3. The summed E-state index contributed by atoms with van der Waals surface area (Å²) in [4.78, 5) is 41.5. The molecule has 214 valence electrons. The van der Waals surface area contributed by atoms with Crippen LogP contribution in [-0.2, 0) is 33.6 Å². The summed E-state index contributed by atoms with van der Waals surface area (Å²) in [5, 5.41) is 10.0. The smallest absolute Gasteiger partial charge is 0.247 e. The molecule has 0 aliphatic heterocycles. The molecule has 3 amide bonds. The molecule has 0 aliphatic rings. The first kappa shape index (κ1) is 31.0. The number of benzene rings is 2. The van der Waals surface area contributed by atoms with E-state index in [1.54, 1.807) is 11.3 Å². The van der Waals surface area contributed by atoms with E-state index in [0.29, 0.717) is 25.0 Å². The maximum absolute atomic E-state index is 13.5. The molecule has 8 heteroatoms. The normalized spacial score (nSPS) is 12.6. The van der Waals surface area contributed by atoms with Crippen LogP contribution in [0.25, 0.3) is 10.1 Å². The molecule has 3 aromatic rings. The van der Waals surface area contributed by atoms with Crippen LogP contribution < -0.4 is 16.0 Å². The van der Waals surface area contributed by atoms with Crippen molar-refractivity contribution in [3.8, 4) is 0 Å². The average molecular weight is 563 g/mol. The van der Waals surface area contributed by atoms with Gasteiger partial charge in [-0.15, -0.1) is 11.3 Å². The van der Waals surface area contributed by atoms with E-state index in [1.165, 1.54) is 17.2 Å². The van der Waals surface area contributed by atoms with Gasteiger partial charge in [0.15, 0.2) is 0 Å². The van der Waals surface area contributed by atoms with Crippen molar-refractivity contribution in [1.82, 2.24) is 20.9 Å². The second-order valence-electron chi connectivity index (χ2n) is 10.1. The van der Waals surface area contributed by atoms with Gasteiger partial charge in [0, 0.05) is 41.6 Å². The van der Waals surface area contributed by atoms with Crippen LogP contribution >= 0.6 is 11.3 Å². The van der Waals surface area contributed by atoms with Crippen LogP contribution in [0.3, 0.4) is 0 Å². The zero-order valence-electron chi connectivity index (χ0n) is 24.1. The number of aryl methyl sites for hydroxylation is 1. The fourth-order valence-corrected chi connectivity index (χ4v) is 5.78. The molecule has 2 aromatic carbocycles. The van der Waals surface area contributed by atoms with Gasteiger partial charge >= 0.3 is 0 Å². The summed E-state index contributed by atoms with van der Waals surface area (Å²) in [6.45, 7) is 14.0. The van der Waals surface area contributed by atoms with Crippen LogP contribution in [0.5, 0.6) is 0 Å². The van der Waals surface area contributed by atoms with Crippen molar-refractivity contribution < 1.29 is 14.4 Å². The van der Waals surface area contributed by atoms with E-state index in [1.807, 2.05) is 44.2 Å². The highest BCUT2D eigenvalue weighted by Crippen LogP contribution is 2.28. The molecule has 1 heterocycles. The van der Waals surface area contributed by atoms with Crippen molar-refractivity contribution in [2.45, 2.75) is 59.0 Å². The van der Waals surface area contributed by atoms with Gasteiger partial charge in [-0.05, 0) is 54.6 Å². The molecule has 1 aromatic heterocycles. The van der Waals surface area contributed by atoms with E-state index >= 15 is 0 Å². The molecule has 0 fully saturated rings. The van der Waals surface area contributed by atoms with E-state index in [9.17, 15) is 14.4 Å². The maximum Gasteiger partial charge on any atom is 0.247 e. The predicted octanol–water partition coefficient (Wildman–Crippen LogP) is 4.25. The minimum absolute atomic E-state index is 0.227. The number of likely N-dealkylation sites (N-methyl/N-ethyl adjacent to an activating group) is 1. The monoisotopic (exact) mass is 562 g/mol. The molecule has 0 aliphatic carbocycles. The molecule has 3 N–H and O–H groups in total. The Bertz CT molecular complexity index is 1300. The maximum atomic E-state index is 13.5. The van der Waals surface area contributed by atoms with E-state index in [0.717, 1.165) is 35.3 Å². The Morgan fingerprint density at radius 2 is 1.65 bits per heavy atom. The van der Waals surface area contributed by atoms with Crippen LogP contribution in [-0.4, -0.2) is 60.9 Å². The van der Waals surface area contributed by atoms with E-state index < -0.39 is 6.04 Å². The molecule has 0 unspecified atom stereocenters. The Hall–Kier alpha value is -3.49. The molecule has 0 spiro atoms. The molecule has 0 saturated heterocycles. The first-order valence-electron chi connectivity index (χ1n) is 14.0. The molecule has 0 saturated carbocycles. The van der Waals surface area contributed by atoms with Crippen molar-refractivity contribution in [2.24, 2.45) is 0 Å². The second-order valence-corrected chi connectivity index (χ2v) is 11.2. The Balaban J connectivity index is 1.73.